The van der Waals surface area contributed by atoms with Gasteiger partial charge in [-0.25, -0.2) is 8.78 Å². The minimum atomic E-state index is -1.08. The Hall–Kier alpha value is -3.21. The van der Waals surface area contributed by atoms with E-state index in [2.05, 4.69) is 34.9 Å². The molecule has 0 spiro atoms. The highest BCUT2D eigenvalue weighted by molar-refractivity contribution is 6.44. The van der Waals surface area contributed by atoms with Crippen molar-refractivity contribution in [1.29, 1.82) is 0 Å². The largest absolute Gasteiger partial charge is 0.389 e. The molecule has 0 aromatic heterocycles. The minimum absolute atomic E-state index is 0.00296. The quantitative estimate of drug-likeness (QED) is 0.411. The summed E-state index contributed by atoms with van der Waals surface area (Å²) in [5.74, 6) is -1.94. The molecule has 1 fully saturated rings. The predicted octanol–water partition coefficient (Wildman–Crippen LogP) is 2.12. The lowest BCUT2D eigenvalue weighted by Gasteiger charge is -2.37. The van der Waals surface area contributed by atoms with Gasteiger partial charge in [-0.15, -0.1) is 0 Å². The molecule has 198 valence electrons. The molecule has 1 saturated heterocycles. The molecule has 4 N–H and O–H groups in total. The maximum atomic E-state index is 13.9. The molecule has 4 rings (SSSR count). The van der Waals surface area contributed by atoms with Crippen LogP contribution in [-0.4, -0.2) is 60.0 Å². The summed E-state index contributed by atoms with van der Waals surface area (Å²) in [6, 6.07) is 10.8. The summed E-state index contributed by atoms with van der Waals surface area (Å²) in [5.41, 5.74) is 0.831. The summed E-state index contributed by atoms with van der Waals surface area (Å²) in [4.78, 5) is 25.7. The average molecular weight is 514 g/mol. The average Bonchev–Trinajstić information content (AvgIpc) is 3.25. The van der Waals surface area contributed by atoms with Crippen LogP contribution in [0.5, 0.6) is 0 Å². The highest BCUT2D eigenvalue weighted by Gasteiger charge is 2.35. The first kappa shape index (κ1) is 26.8. The van der Waals surface area contributed by atoms with Gasteiger partial charge in [0.05, 0.1) is 24.3 Å². The molecule has 2 heterocycles. The molecule has 37 heavy (non-hydrogen) atoms. The van der Waals surface area contributed by atoms with E-state index in [9.17, 15) is 23.5 Å². The van der Waals surface area contributed by atoms with Gasteiger partial charge in [-0.1, -0.05) is 32.0 Å². The number of piperazine rings is 1. The highest BCUT2D eigenvalue weighted by atomic mass is 19.1. The van der Waals surface area contributed by atoms with Gasteiger partial charge in [-0.05, 0) is 48.6 Å². The number of hydrazone groups is 1. The summed E-state index contributed by atoms with van der Waals surface area (Å²) in [6.07, 6.45) is -0.313. The van der Waals surface area contributed by atoms with Crippen molar-refractivity contribution >= 4 is 23.2 Å². The fourth-order valence-electron chi connectivity index (χ4n) is 4.81. The Kier molecular flexibility index (Phi) is 8.63. The van der Waals surface area contributed by atoms with Gasteiger partial charge in [0.25, 0.3) is 11.8 Å². The Balaban J connectivity index is 1.50. The molecule has 10 heteroatoms. The second-order valence-corrected chi connectivity index (χ2v) is 10.1. The third-order valence-corrected chi connectivity index (χ3v) is 6.57. The van der Waals surface area contributed by atoms with Crippen molar-refractivity contribution < 1.29 is 23.5 Å². The lowest BCUT2D eigenvalue weighted by Crippen LogP contribution is -2.63. The van der Waals surface area contributed by atoms with Crippen molar-refractivity contribution in [3.05, 3.63) is 65.7 Å². The molecule has 0 bridgehead atoms. The number of benzene rings is 2. The molecule has 8 nitrogen and oxygen atoms in total. The van der Waals surface area contributed by atoms with Crippen molar-refractivity contribution in [1.82, 2.24) is 16.0 Å². The van der Waals surface area contributed by atoms with Crippen LogP contribution >= 0.6 is 0 Å². The molecule has 0 aliphatic carbocycles. The van der Waals surface area contributed by atoms with Crippen LogP contribution in [0.15, 0.2) is 53.6 Å². The summed E-state index contributed by atoms with van der Waals surface area (Å²) in [7, 11) is 0. The lowest BCUT2D eigenvalue weighted by atomic mass is 9.93. The van der Waals surface area contributed by atoms with Gasteiger partial charge in [0.15, 0.2) is 0 Å². The van der Waals surface area contributed by atoms with Gasteiger partial charge in [0, 0.05) is 31.2 Å². The SMILES string of the molecule is CC(C)C[C@H]1CN[C@@H]([C@@H](O)[C@H](Cc2cc(F)cc(F)c2)NC(=O)C2=NN(c3ccccc3)C(=O)C2)CN1. The van der Waals surface area contributed by atoms with E-state index in [0.29, 0.717) is 30.3 Å². The molecular weight excluding hydrogens is 480 g/mol. The van der Waals surface area contributed by atoms with Gasteiger partial charge in [0.2, 0.25) is 0 Å². The number of halogens is 2. The first-order chi connectivity index (χ1) is 17.7. The fourth-order valence-corrected chi connectivity index (χ4v) is 4.81. The van der Waals surface area contributed by atoms with Crippen LogP contribution in [0.4, 0.5) is 14.5 Å². The van der Waals surface area contributed by atoms with Gasteiger partial charge >= 0.3 is 0 Å². The van der Waals surface area contributed by atoms with Crippen LogP contribution in [-0.2, 0) is 16.0 Å². The van der Waals surface area contributed by atoms with Crippen molar-refractivity contribution in [3.63, 3.8) is 0 Å². The van der Waals surface area contributed by atoms with E-state index in [1.807, 2.05) is 6.07 Å². The molecule has 2 amide bonds. The van der Waals surface area contributed by atoms with Gasteiger partial charge in [-0.3, -0.25) is 9.59 Å². The number of carbonyl (C=O) groups is 2. The maximum Gasteiger partial charge on any atom is 0.268 e. The molecule has 2 aliphatic heterocycles. The van der Waals surface area contributed by atoms with Crippen LogP contribution < -0.4 is 21.0 Å². The standard InChI is InChI=1S/C27H33F2N5O3/c1-16(2)8-20-14-31-24(15-30-20)26(36)22(11-17-9-18(28)12-19(29)10-17)32-27(37)23-13-25(35)34(33-23)21-6-4-3-5-7-21/h3-7,9-10,12,16,20,22,24,26,30-31,36H,8,11,13-15H2,1-2H3,(H,32,37)/t20-,22-,24+,26-/m0/s1. The molecule has 0 saturated carbocycles. The Morgan fingerprint density at radius 2 is 1.84 bits per heavy atom. The summed E-state index contributed by atoms with van der Waals surface area (Å²) in [6.45, 7) is 5.38. The van der Waals surface area contributed by atoms with E-state index >= 15 is 0 Å². The monoisotopic (exact) mass is 513 g/mol. The van der Waals surface area contributed by atoms with E-state index < -0.39 is 35.7 Å². The van der Waals surface area contributed by atoms with E-state index in [1.54, 1.807) is 24.3 Å². The number of hydrogen-bond acceptors (Lipinski definition) is 6. The van der Waals surface area contributed by atoms with E-state index in [-0.39, 0.29) is 30.5 Å². The summed E-state index contributed by atoms with van der Waals surface area (Å²) < 4.78 is 27.7. The van der Waals surface area contributed by atoms with Crippen molar-refractivity contribution in [2.45, 2.75) is 57.3 Å². The summed E-state index contributed by atoms with van der Waals surface area (Å²) in [5, 5.41) is 26.2. The third kappa shape index (κ3) is 6.97. The van der Waals surface area contributed by atoms with Gasteiger partial charge < -0.3 is 21.1 Å². The zero-order chi connectivity index (χ0) is 26.5. The van der Waals surface area contributed by atoms with Crippen molar-refractivity contribution in [2.24, 2.45) is 11.0 Å². The number of nitrogens with one attached hydrogen (secondary N) is 3. The number of anilines is 1. The smallest absolute Gasteiger partial charge is 0.268 e. The Morgan fingerprint density at radius 3 is 2.46 bits per heavy atom. The second kappa shape index (κ2) is 11.9. The summed E-state index contributed by atoms with van der Waals surface area (Å²) >= 11 is 0. The normalized spacial score (nSPS) is 21.6. The number of nitrogens with zero attached hydrogens (tertiary/aromatic N) is 2. The van der Waals surface area contributed by atoms with Gasteiger partial charge in [0.1, 0.15) is 17.3 Å². The van der Waals surface area contributed by atoms with Crippen LogP contribution in [0.1, 0.15) is 32.3 Å². The lowest BCUT2D eigenvalue weighted by molar-refractivity contribution is -0.119. The Morgan fingerprint density at radius 1 is 1.14 bits per heavy atom. The fraction of sp³-hybridized carbons (Fsp3) is 0.444. The topological polar surface area (TPSA) is 106 Å². The molecule has 0 radical (unpaired) electrons. The number of hydrogen-bond donors (Lipinski definition) is 4. The van der Waals surface area contributed by atoms with Crippen molar-refractivity contribution in [2.75, 3.05) is 18.1 Å². The second-order valence-electron chi connectivity index (χ2n) is 10.1. The maximum absolute atomic E-state index is 13.9. The first-order valence-electron chi connectivity index (χ1n) is 12.6. The minimum Gasteiger partial charge on any atom is -0.389 e. The Labute approximate surface area is 215 Å². The van der Waals surface area contributed by atoms with E-state index in [1.165, 1.54) is 17.1 Å². The molecular formula is C27H33F2N5O3. The first-order valence-corrected chi connectivity index (χ1v) is 12.6. The van der Waals surface area contributed by atoms with Crippen LogP contribution in [0.25, 0.3) is 0 Å². The zero-order valence-corrected chi connectivity index (χ0v) is 21.0. The Bertz CT molecular complexity index is 1120. The molecule has 2 aromatic carbocycles. The van der Waals surface area contributed by atoms with Crippen molar-refractivity contribution in [3.8, 4) is 0 Å². The molecule has 0 unspecified atom stereocenters. The number of aliphatic hydroxyl groups excluding tert-OH is 1. The molecule has 4 atom stereocenters. The highest BCUT2D eigenvalue weighted by Crippen LogP contribution is 2.21. The third-order valence-electron chi connectivity index (χ3n) is 6.57. The van der Waals surface area contributed by atoms with Crippen LogP contribution in [0.2, 0.25) is 0 Å². The predicted molar refractivity (Wildman–Crippen MR) is 137 cm³/mol. The van der Waals surface area contributed by atoms with Crippen LogP contribution in [0.3, 0.4) is 0 Å². The number of carbonyl (C=O) groups excluding carboxylic acids is 2. The van der Waals surface area contributed by atoms with E-state index in [0.717, 1.165) is 12.5 Å². The van der Waals surface area contributed by atoms with E-state index in [4.69, 9.17) is 0 Å². The molecule has 2 aromatic rings. The zero-order valence-electron chi connectivity index (χ0n) is 21.0. The van der Waals surface area contributed by atoms with Crippen LogP contribution in [0, 0.1) is 17.6 Å². The van der Waals surface area contributed by atoms with Gasteiger partial charge in [-0.2, -0.15) is 10.1 Å². The number of para-hydroxylation sites is 1. The number of rotatable bonds is 9. The number of aliphatic hydroxyl groups is 1. The molecule has 2 aliphatic rings. The number of amides is 2.